The second kappa shape index (κ2) is 6.87. The number of benzene rings is 1. The van der Waals surface area contributed by atoms with Crippen LogP contribution in [0.4, 0.5) is 0 Å². The first-order chi connectivity index (χ1) is 9.24. The zero-order valence-electron chi connectivity index (χ0n) is 11.1. The summed E-state index contributed by atoms with van der Waals surface area (Å²) in [5.74, 6) is 0. The number of aromatic nitrogens is 1. The van der Waals surface area contributed by atoms with Gasteiger partial charge in [-0.15, -0.1) is 23.7 Å². The molecule has 0 saturated carbocycles. The van der Waals surface area contributed by atoms with Gasteiger partial charge in [0.15, 0.2) is 0 Å². The highest BCUT2D eigenvalue weighted by molar-refractivity contribution is 7.12. The predicted octanol–water partition coefficient (Wildman–Crippen LogP) is 3.85. The Kier molecular flexibility index (Phi) is 5.41. The number of hydrogen-bond acceptors (Lipinski definition) is 4. The van der Waals surface area contributed by atoms with Gasteiger partial charge in [0.25, 0.3) is 0 Å². The lowest BCUT2D eigenvalue weighted by atomic mass is 10.1. The Morgan fingerprint density at radius 1 is 1.45 bits per heavy atom. The highest BCUT2D eigenvalue weighted by Gasteiger charge is 2.20. The van der Waals surface area contributed by atoms with E-state index in [9.17, 15) is 0 Å². The van der Waals surface area contributed by atoms with Gasteiger partial charge in [0, 0.05) is 22.0 Å². The third-order valence-electron chi connectivity index (χ3n) is 3.13. The zero-order valence-corrected chi connectivity index (χ0v) is 13.4. The summed E-state index contributed by atoms with van der Waals surface area (Å²) >= 11 is 7.77. The first-order valence-corrected chi connectivity index (χ1v) is 7.48. The fraction of sp³-hybridized carbons (Fsp3) is 0.357. The van der Waals surface area contributed by atoms with Gasteiger partial charge in [-0.2, -0.15) is 0 Å². The monoisotopic (exact) mass is 330 g/mol. The summed E-state index contributed by atoms with van der Waals surface area (Å²) in [5, 5.41) is 5.27. The minimum absolute atomic E-state index is 0. The van der Waals surface area contributed by atoms with Gasteiger partial charge in [0.05, 0.1) is 24.9 Å². The van der Waals surface area contributed by atoms with Crippen LogP contribution in [-0.2, 0) is 4.74 Å². The topological polar surface area (TPSA) is 34.1 Å². The maximum Gasteiger partial charge on any atom is 0.113 e. The van der Waals surface area contributed by atoms with Gasteiger partial charge < -0.3 is 10.1 Å². The van der Waals surface area contributed by atoms with E-state index < -0.39 is 0 Å². The lowest BCUT2D eigenvalue weighted by molar-refractivity contribution is 0.0768. The van der Waals surface area contributed by atoms with Crippen LogP contribution in [-0.4, -0.2) is 24.7 Å². The Bertz CT molecular complexity index is 582. The van der Waals surface area contributed by atoms with Crippen LogP contribution in [0.1, 0.15) is 15.9 Å². The molecule has 1 aliphatic rings. The number of morpholine rings is 1. The molecule has 3 rings (SSSR count). The van der Waals surface area contributed by atoms with Gasteiger partial charge in [-0.25, -0.2) is 4.98 Å². The van der Waals surface area contributed by atoms with E-state index in [1.807, 2.05) is 24.3 Å². The standard InChI is InChI=1S/C14H15ClN2OS.ClH/c1-9-13(10-3-2-4-11(15)7-10)17-14(19-9)12-8-18-6-5-16-12;/h2-4,7,12,16H,5-6,8H2,1H3;1H. The van der Waals surface area contributed by atoms with Gasteiger partial charge in [0.2, 0.25) is 0 Å². The Hall–Kier alpha value is -0.650. The SMILES string of the molecule is Cc1sc(C2COCCN2)nc1-c1cccc(Cl)c1.Cl. The highest BCUT2D eigenvalue weighted by atomic mass is 35.5. The van der Waals surface area contributed by atoms with E-state index >= 15 is 0 Å². The van der Waals surface area contributed by atoms with E-state index in [1.54, 1.807) is 11.3 Å². The fourth-order valence-corrected chi connectivity index (χ4v) is 3.39. The molecule has 108 valence electrons. The molecule has 2 heterocycles. The molecule has 3 nitrogen and oxygen atoms in total. The normalized spacial score (nSPS) is 18.6. The number of aryl methyl sites for hydroxylation is 1. The van der Waals surface area contributed by atoms with Crippen LogP contribution in [0.5, 0.6) is 0 Å². The first-order valence-electron chi connectivity index (χ1n) is 6.28. The molecule has 0 aliphatic carbocycles. The first kappa shape index (κ1) is 15.7. The van der Waals surface area contributed by atoms with Crippen LogP contribution in [0.3, 0.4) is 0 Å². The minimum atomic E-state index is 0. The summed E-state index contributed by atoms with van der Waals surface area (Å²) in [4.78, 5) is 5.97. The van der Waals surface area contributed by atoms with Gasteiger partial charge in [-0.3, -0.25) is 0 Å². The number of hydrogen-bond donors (Lipinski definition) is 1. The van der Waals surface area contributed by atoms with Crippen LogP contribution in [0.2, 0.25) is 5.02 Å². The summed E-state index contributed by atoms with van der Waals surface area (Å²) in [5.41, 5.74) is 2.10. The molecule has 1 aliphatic heterocycles. The van der Waals surface area contributed by atoms with Crippen molar-refractivity contribution < 1.29 is 4.74 Å². The van der Waals surface area contributed by atoms with Crippen LogP contribution in [0.15, 0.2) is 24.3 Å². The maximum atomic E-state index is 6.05. The van der Waals surface area contributed by atoms with Crippen molar-refractivity contribution in [3.63, 3.8) is 0 Å². The van der Waals surface area contributed by atoms with E-state index in [0.717, 1.165) is 34.4 Å². The molecule has 1 aromatic carbocycles. The average molecular weight is 331 g/mol. The van der Waals surface area contributed by atoms with E-state index in [2.05, 4.69) is 12.2 Å². The van der Waals surface area contributed by atoms with Crippen molar-refractivity contribution in [2.24, 2.45) is 0 Å². The zero-order chi connectivity index (χ0) is 13.2. The van der Waals surface area contributed by atoms with E-state index in [-0.39, 0.29) is 18.4 Å². The quantitative estimate of drug-likeness (QED) is 0.907. The van der Waals surface area contributed by atoms with Crippen molar-refractivity contribution in [1.29, 1.82) is 0 Å². The average Bonchev–Trinajstić information content (AvgIpc) is 2.82. The van der Waals surface area contributed by atoms with Crippen molar-refractivity contribution in [3.05, 3.63) is 39.2 Å². The van der Waals surface area contributed by atoms with Crippen LogP contribution in [0, 0.1) is 6.92 Å². The molecule has 1 N–H and O–H groups in total. The smallest absolute Gasteiger partial charge is 0.113 e. The van der Waals surface area contributed by atoms with E-state index in [0.29, 0.717) is 6.61 Å². The second-order valence-electron chi connectivity index (χ2n) is 4.55. The van der Waals surface area contributed by atoms with E-state index in [4.69, 9.17) is 21.3 Å². The van der Waals surface area contributed by atoms with Gasteiger partial charge >= 0.3 is 0 Å². The maximum absolute atomic E-state index is 6.05. The summed E-state index contributed by atoms with van der Waals surface area (Å²) < 4.78 is 5.49. The molecule has 0 bridgehead atoms. The van der Waals surface area contributed by atoms with Crippen LogP contribution >= 0.6 is 35.3 Å². The van der Waals surface area contributed by atoms with Gasteiger partial charge in [-0.1, -0.05) is 23.7 Å². The summed E-state index contributed by atoms with van der Waals surface area (Å²) in [6.07, 6.45) is 0. The van der Waals surface area contributed by atoms with Crippen LogP contribution in [0.25, 0.3) is 11.3 Å². The van der Waals surface area contributed by atoms with Crippen molar-refractivity contribution in [3.8, 4) is 11.3 Å². The van der Waals surface area contributed by atoms with Gasteiger partial charge in [-0.05, 0) is 19.1 Å². The third-order valence-corrected chi connectivity index (χ3v) is 4.45. The number of ether oxygens (including phenoxy) is 1. The summed E-state index contributed by atoms with van der Waals surface area (Å²) in [6, 6.07) is 8.05. The molecule has 1 atom stereocenters. The Morgan fingerprint density at radius 3 is 3.00 bits per heavy atom. The predicted molar refractivity (Wildman–Crippen MR) is 86.1 cm³/mol. The molecule has 20 heavy (non-hydrogen) atoms. The molecule has 6 heteroatoms. The molecule has 0 amide bonds. The molecule has 1 saturated heterocycles. The molecule has 0 radical (unpaired) electrons. The molecular weight excluding hydrogens is 315 g/mol. The summed E-state index contributed by atoms with van der Waals surface area (Å²) in [6.45, 7) is 4.46. The Labute approximate surface area is 133 Å². The molecule has 1 fully saturated rings. The number of thiazole rings is 1. The summed E-state index contributed by atoms with van der Waals surface area (Å²) in [7, 11) is 0. The van der Waals surface area contributed by atoms with E-state index in [1.165, 1.54) is 4.88 Å². The number of nitrogens with one attached hydrogen (secondary N) is 1. The van der Waals surface area contributed by atoms with Crippen molar-refractivity contribution in [1.82, 2.24) is 10.3 Å². The molecule has 1 aromatic heterocycles. The van der Waals surface area contributed by atoms with Crippen molar-refractivity contribution in [2.75, 3.05) is 19.8 Å². The number of rotatable bonds is 2. The highest BCUT2D eigenvalue weighted by Crippen LogP contribution is 2.32. The van der Waals surface area contributed by atoms with Crippen LogP contribution < -0.4 is 5.32 Å². The largest absolute Gasteiger partial charge is 0.378 e. The lowest BCUT2D eigenvalue weighted by Gasteiger charge is -2.21. The molecule has 2 aromatic rings. The van der Waals surface area contributed by atoms with Gasteiger partial charge in [0.1, 0.15) is 5.01 Å². The van der Waals surface area contributed by atoms with Crippen molar-refractivity contribution in [2.45, 2.75) is 13.0 Å². The Morgan fingerprint density at radius 2 is 2.30 bits per heavy atom. The third kappa shape index (κ3) is 3.32. The number of halogens is 2. The second-order valence-corrected chi connectivity index (χ2v) is 6.22. The molecule has 1 unspecified atom stereocenters. The molecule has 0 spiro atoms. The molecular formula is C14H16Cl2N2OS. The Balaban J connectivity index is 0.00000147. The van der Waals surface area contributed by atoms with Crippen molar-refractivity contribution >= 4 is 35.3 Å². The number of nitrogens with zero attached hydrogens (tertiary/aromatic N) is 1. The fourth-order valence-electron chi connectivity index (χ4n) is 2.19. The lowest BCUT2D eigenvalue weighted by Crippen LogP contribution is -2.34. The minimum Gasteiger partial charge on any atom is -0.378 e.